The number of hydrogen-bond donors (Lipinski definition) is 1. The molecule has 1 heterocycles. The number of aliphatic hydroxyl groups is 1. The summed E-state index contributed by atoms with van der Waals surface area (Å²) in [5.41, 5.74) is 4.25. The number of carbonyl (C=O) groups is 1. The molecule has 0 radical (unpaired) electrons. The standard InChI is InChI=1S/C22H34O4/c1-15-7-6-12-22(5,24)21(26-18(4)23)11-9-16(2)13-20-19(10-8-15)17(3)14-25-20/h7,13,20-21,24H,6,8-12,14H2,1-5H3/t20-,21-,22+/m0/s1. The Hall–Kier alpha value is -1.39. The molecule has 1 aliphatic heterocycles. The van der Waals surface area contributed by atoms with Gasteiger partial charge in [0.25, 0.3) is 0 Å². The second-order valence-electron chi connectivity index (χ2n) is 8.13. The second kappa shape index (κ2) is 9.01. The van der Waals surface area contributed by atoms with Crippen LogP contribution in [0, 0.1) is 0 Å². The van der Waals surface area contributed by atoms with E-state index in [1.54, 1.807) is 6.92 Å². The minimum atomic E-state index is -1.03. The summed E-state index contributed by atoms with van der Waals surface area (Å²) < 4.78 is 11.4. The molecular formula is C22H34O4. The minimum absolute atomic E-state index is 0.0541. The zero-order chi connectivity index (χ0) is 19.3. The van der Waals surface area contributed by atoms with Crippen molar-refractivity contribution in [2.24, 2.45) is 0 Å². The summed E-state index contributed by atoms with van der Waals surface area (Å²) in [6.07, 6.45) is 8.73. The van der Waals surface area contributed by atoms with Gasteiger partial charge in [-0.25, -0.2) is 0 Å². The maximum atomic E-state index is 11.5. The van der Waals surface area contributed by atoms with Crippen molar-refractivity contribution in [3.63, 3.8) is 0 Å². The van der Waals surface area contributed by atoms with Gasteiger partial charge in [0, 0.05) is 6.92 Å². The summed E-state index contributed by atoms with van der Waals surface area (Å²) in [7, 11) is 0. The van der Waals surface area contributed by atoms with E-state index in [9.17, 15) is 9.90 Å². The Balaban J connectivity index is 2.25. The molecule has 0 unspecified atom stereocenters. The molecule has 0 bridgehead atoms. The number of allylic oxidation sites excluding steroid dienone is 3. The summed E-state index contributed by atoms with van der Waals surface area (Å²) in [6, 6.07) is 0. The van der Waals surface area contributed by atoms with Crippen molar-refractivity contribution in [3.8, 4) is 0 Å². The van der Waals surface area contributed by atoms with Crippen molar-refractivity contribution in [2.75, 3.05) is 6.61 Å². The first-order valence-corrected chi connectivity index (χ1v) is 9.71. The highest BCUT2D eigenvalue weighted by molar-refractivity contribution is 5.66. The Kier molecular flexibility index (Phi) is 7.24. The summed E-state index contributed by atoms with van der Waals surface area (Å²) in [5, 5.41) is 10.9. The number of esters is 1. The lowest BCUT2D eigenvalue weighted by Gasteiger charge is -2.32. The van der Waals surface area contributed by atoms with Crippen LogP contribution in [0.15, 0.2) is 34.4 Å². The largest absolute Gasteiger partial charge is 0.459 e. The lowest BCUT2D eigenvalue weighted by Crippen LogP contribution is -2.42. The fraction of sp³-hybridized carbons (Fsp3) is 0.682. The smallest absolute Gasteiger partial charge is 0.303 e. The molecule has 4 nitrogen and oxygen atoms in total. The van der Waals surface area contributed by atoms with E-state index in [2.05, 4.69) is 32.9 Å². The normalized spacial score (nSPS) is 31.6. The maximum Gasteiger partial charge on any atom is 0.303 e. The summed E-state index contributed by atoms with van der Waals surface area (Å²) >= 11 is 0. The highest BCUT2D eigenvalue weighted by atomic mass is 16.6. The Morgan fingerprint density at radius 3 is 2.65 bits per heavy atom. The molecule has 0 aromatic rings. The van der Waals surface area contributed by atoms with Gasteiger partial charge in [-0.05, 0) is 77.4 Å². The monoisotopic (exact) mass is 362 g/mol. The predicted octanol–water partition coefficient (Wildman–Crippen LogP) is 4.63. The van der Waals surface area contributed by atoms with Crippen LogP contribution < -0.4 is 0 Å². The summed E-state index contributed by atoms with van der Waals surface area (Å²) in [6.45, 7) is 10.3. The fourth-order valence-corrected chi connectivity index (χ4v) is 3.76. The van der Waals surface area contributed by atoms with Crippen molar-refractivity contribution in [3.05, 3.63) is 34.4 Å². The Morgan fingerprint density at radius 1 is 1.23 bits per heavy atom. The van der Waals surface area contributed by atoms with Crippen LogP contribution in [0.4, 0.5) is 0 Å². The van der Waals surface area contributed by atoms with Gasteiger partial charge in [0.2, 0.25) is 0 Å². The molecule has 0 amide bonds. The van der Waals surface area contributed by atoms with E-state index in [4.69, 9.17) is 9.47 Å². The molecule has 146 valence electrons. The third-order valence-electron chi connectivity index (χ3n) is 5.54. The van der Waals surface area contributed by atoms with E-state index in [0.717, 1.165) is 25.7 Å². The number of hydrogen-bond acceptors (Lipinski definition) is 4. The van der Waals surface area contributed by atoms with Crippen LogP contribution in [0.5, 0.6) is 0 Å². The van der Waals surface area contributed by atoms with Crippen molar-refractivity contribution >= 4 is 5.97 Å². The van der Waals surface area contributed by atoms with Crippen LogP contribution in [0.1, 0.15) is 73.1 Å². The molecule has 1 N–H and O–H groups in total. The highest BCUT2D eigenvalue weighted by Crippen LogP contribution is 2.31. The average Bonchev–Trinajstić information content (AvgIpc) is 2.88. The Morgan fingerprint density at radius 2 is 1.96 bits per heavy atom. The highest BCUT2D eigenvalue weighted by Gasteiger charge is 2.34. The zero-order valence-corrected chi connectivity index (χ0v) is 16.9. The van der Waals surface area contributed by atoms with Crippen LogP contribution in [0.2, 0.25) is 0 Å². The molecule has 0 fully saturated rings. The molecule has 26 heavy (non-hydrogen) atoms. The van der Waals surface area contributed by atoms with Gasteiger partial charge in [0.15, 0.2) is 0 Å². The summed E-state index contributed by atoms with van der Waals surface area (Å²) in [5.74, 6) is -0.343. The fourth-order valence-electron chi connectivity index (χ4n) is 3.76. The van der Waals surface area contributed by atoms with Gasteiger partial charge in [-0.1, -0.05) is 23.3 Å². The van der Waals surface area contributed by atoms with Crippen LogP contribution in [0.25, 0.3) is 0 Å². The molecule has 3 atom stereocenters. The predicted molar refractivity (Wildman–Crippen MR) is 104 cm³/mol. The maximum absolute atomic E-state index is 11.5. The second-order valence-corrected chi connectivity index (χ2v) is 8.13. The van der Waals surface area contributed by atoms with E-state index < -0.39 is 11.7 Å². The van der Waals surface area contributed by atoms with Gasteiger partial charge < -0.3 is 14.6 Å². The van der Waals surface area contributed by atoms with Gasteiger partial charge >= 0.3 is 5.97 Å². The van der Waals surface area contributed by atoms with E-state index in [1.165, 1.54) is 29.2 Å². The molecule has 4 heteroatoms. The number of carbonyl (C=O) groups excluding carboxylic acids is 1. The van der Waals surface area contributed by atoms with Gasteiger partial charge in [-0.2, -0.15) is 0 Å². The molecule has 1 aliphatic carbocycles. The Bertz CT molecular complexity index is 610. The molecule has 0 saturated carbocycles. The van der Waals surface area contributed by atoms with Crippen LogP contribution in [0.3, 0.4) is 0 Å². The number of ether oxygens (including phenoxy) is 2. The first kappa shape index (κ1) is 20.9. The average molecular weight is 363 g/mol. The number of rotatable bonds is 1. The molecular weight excluding hydrogens is 328 g/mol. The SMILES string of the molecule is CC(=O)O[C@H]1CCC(C)=C[C@@H]2OCC(C)=C2CCC(C)=CCC[C@@]1(C)O. The molecule has 0 aromatic carbocycles. The van der Waals surface area contributed by atoms with Gasteiger partial charge in [0.05, 0.1) is 18.3 Å². The first-order chi connectivity index (χ1) is 12.2. The topological polar surface area (TPSA) is 55.8 Å². The third-order valence-corrected chi connectivity index (χ3v) is 5.54. The van der Waals surface area contributed by atoms with E-state index >= 15 is 0 Å². The van der Waals surface area contributed by atoms with Crippen molar-refractivity contribution in [1.29, 1.82) is 0 Å². The van der Waals surface area contributed by atoms with Crippen LogP contribution in [-0.2, 0) is 14.3 Å². The van der Waals surface area contributed by atoms with Gasteiger partial charge in [-0.3, -0.25) is 4.79 Å². The third kappa shape index (κ3) is 5.82. The Labute approximate surface area is 158 Å². The van der Waals surface area contributed by atoms with Crippen molar-refractivity contribution in [2.45, 2.75) is 91.0 Å². The summed E-state index contributed by atoms with van der Waals surface area (Å²) in [4.78, 5) is 11.5. The van der Waals surface area contributed by atoms with Crippen molar-refractivity contribution in [1.82, 2.24) is 0 Å². The molecule has 2 rings (SSSR count). The van der Waals surface area contributed by atoms with Crippen LogP contribution in [-0.4, -0.2) is 35.5 Å². The zero-order valence-electron chi connectivity index (χ0n) is 16.9. The van der Waals surface area contributed by atoms with E-state index in [1.807, 2.05) is 0 Å². The molecule has 0 spiro atoms. The lowest BCUT2D eigenvalue weighted by molar-refractivity contribution is -0.162. The van der Waals surface area contributed by atoms with Gasteiger partial charge in [0.1, 0.15) is 6.10 Å². The molecule has 2 aliphatic rings. The molecule has 0 aromatic heterocycles. The molecule has 0 saturated heterocycles. The van der Waals surface area contributed by atoms with E-state index in [0.29, 0.717) is 19.4 Å². The van der Waals surface area contributed by atoms with Crippen LogP contribution >= 0.6 is 0 Å². The lowest BCUT2D eigenvalue weighted by atomic mass is 9.87. The first-order valence-electron chi connectivity index (χ1n) is 9.71. The van der Waals surface area contributed by atoms with Gasteiger partial charge in [-0.15, -0.1) is 0 Å². The minimum Gasteiger partial charge on any atom is -0.459 e. The van der Waals surface area contributed by atoms with E-state index in [-0.39, 0.29) is 12.1 Å². The quantitative estimate of drug-likeness (QED) is 0.546. The van der Waals surface area contributed by atoms with Crippen molar-refractivity contribution < 1.29 is 19.4 Å². The number of fused-ring (bicyclic) bond motifs is 1.